The highest BCUT2D eigenvalue weighted by molar-refractivity contribution is 6.39. The van der Waals surface area contributed by atoms with Gasteiger partial charge in [-0.25, -0.2) is 14.6 Å². The lowest BCUT2D eigenvalue weighted by molar-refractivity contribution is -0.0366. The van der Waals surface area contributed by atoms with Crippen molar-refractivity contribution in [3.05, 3.63) is 44.4 Å². The van der Waals surface area contributed by atoms with Crippen molar-refractivity contribution in [3.63, 3.8) is 0 Å². The smallest absolute Gasteiger partial charge is 0.225 e. The second-order valence-corrected chi connectivity index (χ2v) is 8.64. The van der Waals surface area contributed by atoms with Gasteiger partial charge in [-0.1, -0.05) is 40.9 Å². The second kappa shape index (κ2) is 7.77. The van der Waals surface area contributed by atoms with Crippen LogP contribution in [0.5, 0.6) is 0 Å². The number of aryl methyl sites for hydroxylation is 1. The van der Waals surface area contributed by atoms with Gasteiger partial charge in [0.2, 0.25) is 5.28 Å². The monoisotopic (exact) mass is 481 g/mol. The minimum absolute atomic E-state index is 0.0171. The van der Waals surface area contributed by atoms with Gasteiger partial charge in [0, 0.05) is 17.6 Å². The van der Waals surface area contributed by atoms with Crippen LogP contribution in [-0.2, 0) is 4.74 Å². The molecule has 10 heteroatoms. The van der Waals surface area contributed by atoms with E-state index >= 15 is 0 Å². The second-order valence-electron chi connectivity index (χ2n) is 7.18. The zero-order chi connectivity index (χ0) is 21.0. The Morgan fingerprint density at radius 1 is 1.03 bits per heavy atom. The van der Waals surface area contributed by atoms with Gasteiger partial charge >= 0.3 is 0 Å². The summed E-state index contributed by atoms with van der Waals surface area (Å²) in [6.45, 7) is 2.68. The first-order valence-corrected chi connectivity index (χ1v) is 10.9. The Kier molecular flexibility index (Phi) is 5.24. The van der Waals surface area contributed by atoms with Crippen molar-refractivity contribution in [1.82, 2.24) is 24.7 Å². The Bertz CT molecular complexity index is 1300. The first kappa shape index (κ1) is 20.2. The predicted molar refractivity (Wildman–Crippen MR) is 120 cm³/mol. The van der Waals surface area contributed by atoms with E-state index in [4.69, 9.17) is 51.1 Å². The molecule has 0 aliphatic carbocycles. The van der Waals surface area contributed by atoms with Crippen LogP contribution >= 0.6 is 46.4 Å². The molecular weight excluding hydrogens is 468 g/mol. The van der Waals surface area contributed by atoms with Crippen molar-refractivity contribution in [3.8, 4) is 11.3 Å². The summed E-state index contributed by atoms with van der Waals surface area (Å²) < 4.78 is 7.77. The fraction of sp³-hybridized carbons (Fsp3) is 0.300. The number of pyridine rings is 1. The van der Waals surface area contributed by atoms with Crippen LogP contribution in [-0.4, -0.2) is 31.3 Å². The van der Waals surface area contributed by atoms with E-state index in [1.807, 2.05) is 23.7 Å². The largest absolute Gasteiger partial charge is 0.356 e. The summed E-state index contributed by atoms with van der Waals surface area (Å²) in [5, 5.41) is 6.86. The number of hydrogen-bond donors (Lipinski definition) is 0. The molecule has 4 aromatic rings. The summed E-state index contributed by atoms with van der Waals surface area (Å²) in [4.78, 5) is 12.8. The minimum atomic E-state index is -0.144. The number of benzene rings is 1. The van der Waals surface area contributed by atoms with E-state index < -0.39 is 0 Å². The molecule has 3 aromatic heterocycles. The molecule has 4 heterocycles. The van der Waals surface area contributed by atoms with Gasteiger partial charge in [-0.3, -0.25) is 0 Å². The average Bonchev–Trinajstić information content (AvgIpc) is 3.06. The van der Waals surface area contributed by atoms with Crippen molar-refractivity contribution >= 4 is 68.3 Å². The SMILES string of the molecule is Cc1ccc2c(c(Cl)nn2C2CCCCO2)c1-c1nc2nc(Cl)nc(Cl)c2cc1Cl. The number of halogens is 4. The summed E-state index contributed by atoms with van der Waals surface area (Å²) >= 11 is 25.4. The van der Waals surface area contributed by atoms with E-state index in [-0.39, 0.29) is 16.7 Å². The summed E-state index contributed by atoms with van der Waals surface area (Å²) in [5.41, 5.74) is 3.49. The van der Waals surface area contributed by atoms with Gasteiger partial charge in [-0.05, 0) is 55.5 Å². The van der Waals surface area contributed by atoms with Crippen molar-refractivity contribution in [2.45, 2.75) is 32.4 Å². The van der Waals surface area contributed by atoms with Gasteiger partial charge < -0.3 is 4.74 Å². The molecule has 1 atom stereocenters. The van der Waals surface area contributed by atoms with Crippen LogP contribution in [0.2, 0.25) is 20.6 Å². The molecule has 1 unspecified atom stereocenters. The molecule has 0 saturated carbocycles. The number of rotatable bonds is 2. The van der Waals surface area contributed by atoms with E-state index in [1.54, 1.807) is 6.07 Å². The van der Waals surface area contributed by atoms with Gasteiger partial charge in [0.05, 0.1) is 21.6 Å². The van der Waals surface area contributed by atoms with Crippen LogP contribution in [0.4, 0.5) is 0 Å². The highest BCUT2D eigenvalue weighted by Crippen LogP contribution is 2.41. The summed E-state index contributed by atoms with van der Waals surface area (Å²) in [6.07, 6.45) is 2.88. The molecule has 0 radical (unpaired) electrons. The van der Waals surface area contributed by atoms with Gasteiger partial charge in [-0.15, -0.1) is 0 Å². The molecule has 1 saturated heterocycles. The predicted octanol–water partition coefficient (Wildman–Crippen LogP) is 6.66. The van der Waals surface area contributed by atoms with Crippen LogP contribution in [0.15, 0.2) is 18.2 Å². The molecular formula is C20H15Cl4N5O. The maximum absolute atomic E-state index is 6.63. The van der Waals surface area contributed by atoms with E-state index in [0.29, 0.717) is 33.5 Å². The number of hydrogen-bond acceptors (Lipinski definition) is 5. The Morgan fingerprint density at radius 3 is 2.63 bits per heavy atom. The number of aromatic nitrogens is 5. The topological polar surface area (TPSA) is 65.7 Å². The minimum Gasteiger partial charge on any atom is -0.356 e. The fourth-order valence-corrected chi connectivity index (χ4v) is 4.83. The van der Waals surface area contributed by atoms with E-state index in [0.717, 1.165) is 41.3 Å². The fourth-order valence-electron chi connectivity index (χ4n) is 3.88. The van der Waals surface area contributed by atoms with Crippen LogP contribution in [0.1, 0.15) is 31.1 Å². The molecule has 0 N–H and O–H groups in total. The zero-order valence-electron chi connectivity index (χ0n) is 15.8. The number of nitrogens with zero attached hydrogens (tertiary/aromatic N) is 5. The van der Waals surface area contributed by atoms with Crippen LogP contribution in [0, 0.1) is 6.92 Å². The molecule has 1 aliphatic heterocycles. The molecule has 1 fully saturated rings. The van der Waals surface area contributed by atoms with E-state index in [2.05, 4.69) is 20.1 Å². The van der Waals surface area contributed by atoms with Crippen molar-refractivity contribution < 1.29 is 4.74 Å². The van der Waals surface area contributed by atoms with Gasteiger partial charge in [0.25, 0.3) is 0 Å². The third-order valence-electron chi connectivity index (χ3n) is 5.27. The lowest BCUT2D eigenvalue weighted by Gasteiger charge is -2.23. The normalized spacial score (nSPS) is 17.2. The standard InChI is InChI=1S/C20H15Cl4N5O/c1-9-5-6-12-15(18(23)28-29(12)13-4-2-3-7-30-13)14(9)16-11(21)8-10-17(22)26-20(24)27-19(10)25-16/h5-6,8,13H,2-4,7H2,1H3. The Hall–Kier alpha value is -1.70. The Balaban J connectivity index is 1.78. The molecule has 0 bridgehead atoms. The zero-order valence-corrected chi connectivity index (χ0v) is 18.8. The highest BCUT2D eigenvalue weighted by atomic mass is 35.5. The van der Waals surface area contributed by atoms with Gasteiger partial charge in [-0.2, -0.15) is 10.1 Å². The summed E-state index contributed by atoms with van der Waals surface area (Å²) in [6, 6.07) is 5.69. The third kappa shape index (κ3) is 3.31. The summed E-state index contributed by atoms with van der Waals surface area (Å²) in [7, 11) is 0. The highest BCUT2D eigenvalue weighted by Gasteiger charge is 2.25. The molecule has 1 aromatic carbocycles. The van der Waals surface area contributed by atoms with Gasteiger partial charge in [0.15, 0.2) is 17.0 Å². The molecule has 1 aliphatic rings. The maximum atomic E-state index is 6.63. The van der Waals surface area contributed by atoms with Crippen LogP contribution in [0.25, 0.3) is 33.2 Å². The van der Waals surface area contributed by atoms with Gasteiger partial charge in [0.1, 0.15) is 5.15 Å². The van der Waals surface area contributed by atoms with E-state index in [1.165, 1.54) is 0 Å². The summed E-state index contributed by atoms with van der Waals surface area (Å²) in [5.74, 6) is 0. The number of fused-ring (bicyclic) bond motifs is 2. The molecule has 30 heavy (non-hydrogen) atoms. The first-order chi connectivity index (χ1) is 14.4. The van der Waals surface area contributed by atoms with Crippen molar-refractivity contribution in [1.29, 1.82) is 0 Å². The molecule has 0 amide bonds. The third-order valence-corrected chi connectivity index (χ3v) is 6.28. The van der Waals surface area contributed by atoms with E-state index in [9.17, 15) is 0 Å². The Morgan fingerprint density at radius 2 is 1.87 bits per heavy atom. The lowest BCUT2D eigenvalue weighted by atomic mass is 10.00. The number of ether oxygens (including phenoxy) is 1. The first-order valence-electron chi connectivity index (χ1n) is 9.42. The van der Waals surface area contributed by atoms with Crippen LogP contribution in [0.3, 0.4) is 0 Å². The van der Waals surface area contributed by atoms with Crippen LogP contribution < -0.4 is 0 Å². The average molecular weight is 483 g/mol. The molecule has 0 spiro atoms. The maximum Gasteiger partial charge on any atom is 0.225 e. The lowest BCUT2D eigenvalue weighted by Crippen LogP contribution is -2.19. The molecule has 154 valence electrons. The van der Waals surface area contributed by atoms with Crippen molar-refractivity contribution in [2.24, 2.45) is 0 Å². The quantitative estimate of drug-likeness (QED) is 0.236. The van der Waals surface area contributed by atoms with Crippen molar-refractivity contribution in [2.75, 3.05) is 6.61 Å². The molecule has 6 nitrogen and oxygen atoms in total. The Labute approximate surface area is 192 Å². The molecule has 5 rings (SSSR count).